The lowest BCUT2D eigenvalue weighted by molar-refractivity contribution is 0.0955. The van der Waals surface area contributed by atoms with Crippen LogP contribution in [-0.2, 0) is 0 Å². The maximum atomic E-state index is 12.0. The number of hydrogen-bond donors (Lipinski definition) is 3. The number of phenols is 2. The number of phenolic OH excluding ortho intramolecular Hbond substituents is 2. The molecule has 0 unspecified atom stereocenters. The highest BCUT2D eigenvalue weighted by Crippen LogP contribution is 2.24. The molecule has 0 aromatic heterocycles. The van der Waals surface area contributed by atoms with Gasteiger partial charge in [-0.05, 0) is 37.3 Å². The van der Waals surface area contributed by atoms with Gasteiger partial charge in [0.25, 0.3) is 5.91 Å². The SMILES string of the molecule is CC(=NNC(=O)c1ccc(Cl)c(Cl)c1)c1ccc(O)cc1O. The number of hydrazone groups is 1. The zero-order valence-electron chi connectivity index (χ0n) is 11.5. The van der Waals surface area contributed by atoms with Gasteiger partial charge >= 0.3 is 0 Å². The molecule has 1 amide bonds. The van der Waals surface area contributed by atoms with Crippen LogP contribution in [0.2, 0.25) is 10.0 Å². The second-order valence-electron chi connectivity index (χ2n) is 4.47. The van der Waals surface area contributed by atoms with Crippen molar-refractivity contribution in [1.29, 1.82) is 0 Å². The number of amides is 1. The van der Waals surface area contributed by atoms with Crippen LogP contribution < -0.4 is 5.43 Å². The van der Waals surface area contributed by atoms with Crippen LogP contribution in [0.1, 0.15) is 22.8 Å². The fourth-order valence-corrected chi connectivity index (χ4v) is 2.02. The average molecular weight is 339 g/mol. The Morgan fingerprint density at radius 2 is 1.82 bits per heavy atom. The van der Waals surface area contributed by atoms with E-state index in [1.54, 1.807) is 6.92 Å². The molecule has 2 aromatic rings. The van der Waals surface area contributed by atoms with Crippen molar-refractivity contribution in [3.8, 4) is 11.5 Å². The van der Waals surface area contributed by atoms with Gasteiger partial charge in [0.15, 0.2) is 0 Å². The molecule has 0 atom stereocenters. The van der Waals surface area contributed by atoms with Crippen LogP contribution in [0.4, 0.5) is 0 Å². The number of carbonyl (C=O) groups excluding carboxylic acids is 1. The monoisotopic (exact) mass is 338 g/mol. The van der Waals surface area contributed by atoms with Gasteiger partial charge < -0.3 is 10.2 Å². The average Bonchev–Trinajstić information content (AvgIpc) is 2.47. The molecule has 3 N–H and O–H groups in total. The van der Waals surface area contributed by atoms with Crippen LogP contribution in [0, 0.1) is 0 Å². The van der Waals surface area contributed by atoms with Crippen molar-refractivity contribution in [3.63, 3.8) is 0 Å². The molecule has 2 rings (SSSR count). The van der Waals surface area contributed by atoms with Crippen molar-refractivity contribution in [2.75, 3.05) is 0 Å². The summed E-state index contributed by atoms with van der Waals surface area (Å²) in [5.41, 5.74) is 3.44. The largest absolute Gasteiger partial charge is 0.508 e. The molecule has 0 saturated carbocycles. The van der Waals surface area contributed by atoms with Gasteiger partial charge in [-0.2, -0.15) is 5.10 Å². The number of halogens is 2. The number of nitrogens with one attached hydrogen (secondary N) is 1. The lowest BCUT2D eigenvalue weighted by Gasteiger charge is -2.06. The van der Waals surface area contributed by atoms with Gasteiger partial charge in [0, 0.05) is 17.2 Å². The summed E-state index contributed by atoms with van der Waals surface area (Å²) in [4.78, 5) is 12.0. The highest BCUT2D eigenvalue weighted by atomic mass is 35.5. The second kappa shape index (κ2) is 6.68. The maximum absolute atomic E-state index is 12.0. The molecule has 0 radical (unpaired) electrons. The molecule has 0 heterocycles. The summed E-state index contributed by atoms with van der Waals surface area (Å²) in [7, 11) is 0. The molecule has 114 valence electrons. The smallest absolute Gasteiger partial charge is 0.271 e. The normalized spacial score (nSPS) is 11.3. The molecule has 0 spiro atoms. The summed E-state index contributed by atoms with van der Waals surface area (Å²) >= 11 is 11.6. The molecule has 0 saturated heterocycles. The van der Waals surface area contributed by atoms with E-state index in [-0.39, 0.29) is 16.5 Å². The van der Waals surface area contributed by atoms with Crippen molar-refractivity contribution >= 4 is 34.8 Å². The predicted molar refractivity (Wildman–Crippen MR) is 85.9 cm³/mol. The van der Waals surface area contributed by atoms with Crippen molar-refractivity contribution in [2.45, 2.75) is 6.92 Å². The van der Waals surface area contributed by atoms with E-state index >= 15 is 0 Å². The molecule has 0 bridgehead atoms. The van der Waals surface area contributed by atoms with Crippen LogP contribution in [0.25, 0.3) is 0 Å². The number of carbonyl (C=O) groups is 1. The Kier molecular flexibility index (Phi) is 4.90. The molecular weight excluding hydrogens is 327 g/mol. The van der Waals surface area contributed by atoms with Gasteiger partial charge in [0.1, 0.15) is 11.5 Å². The lowest BCUT2D eigenvalue weighted by atomic mass is 10.1. The summed E-state index contributed by atoms with van der Waals surface area (Å²) < 4.78 is 0. The van der Waals surface area contributed by atoms with E-state index in [4.69, 9.17) is 23.2 Å². The molecule has 0 aliphatic carbocycles. The summed E-state index contributed by atoms with van der Waals surface area (Å²) in [6, 6.07) is 8.56. The third-order valence-corrected chi connectivity index (χ3v) is 3.62. The van der Waals surface area contributed by atoms with E-state index in [0.29, 0.717) is 21.9 Å². The Morgan fingerprint density at radius 3 is 2.45 bits per heavy atom. The standard InChI is InChI=1S/C15H12Cl2N2O3/c1-8(11-4-3-10(20)7-14(11)21)18-19-15(22)9-2-5-12(16)13(17)6-9/h2-7,20-21H,1H3,(H,19,22). The first-order valence-corrected chi connectivity index (χ1v) is 6.96. The fraction of sp³-hybridized carbons (Fsp3) is 0.0667. The van der Waals surface area contributed by atoms with Gasteiger partial charge in [-0.15, -0.1) is 0 Å². The van der Waals surface area contributed by atoms with Crippen molar-refractivity contribution < 1.29 is 15.0 Å². The zero-order chi connectivity index (χ0) is 16.3. The quantitative estimate of drug-likeness (QED) is 0.591. The molecule has 0 aliphatic rings. The molecular formula is C15H12Cl2N2O3. The van der Waals surface area contributed by atoms with Crippen LogP contribution in [-0.4, -0.2) is 21.8 Å². The van der Waals surface area contributed by atoms with E-state index in [0.717, 1.165) is 0 Å². The number of benzene rings is 2. The summed E-state index contributed by atoms with van der Waals surface area (Å²) in [5, 5.41) is 23.5. The minimum Gasteiger partial charge on any atom is -0.508 e. The Labute approximate surface area is 136 Å². The van der Waals surface area contributed by atoms with Crippen LogP contribution in [0.15, 0.2) is 41.5 Å². The highest BCUT2D eigenvalue weighted by molar-refractivity contribution is 6.42. The van der Waals surface area contributed by atoms with E-state index in [1.807, 2.05) is 0 Å². The van der Waals surface area contributed by atoms with Gasteiger partial charge in [-0.3, -0.25) is 4.79 Å². The van der Waals surface area contributed by atoms with Crippen molar-refractivity contribution in [1.82, 2.24) is 5.43 Å². The van der Waals surface area contributed by atoms with Gasteiger partial charge in [0.2, 0.25) is 0 Å². The number of nitrogens with zero attached hydrogens (tertiary/aromatic N) is 1. The number of hydrogen-bond acceptors (Lipinski definition) is 4. The van der Waals surface area contributed by atoms with Gasteiger partial charge in [-0.25, -0.2) is 5.43 Å². The Bertz CT molecular complexity index is 760. The first-order chi connectivity index (χ1) is 10.4. The predicted octanol–water partition coefficient (Wildman–Crippen LogP) is 3.56. The fourth-order valence-electron chi connectivity index (χ4n) is 1.72. The van der Waals surface area contributed by atoms with E-state index in [2.05, 4.69) is 10.5 Å². The van der Waals surface area contributed by atoms with Crippen LogP contribution in [0.5, 0.6) is 11.5 Å². The van der Waals surface area contributed by atoms with Gasteiger partial charge in [-0.1, -0.05) is 23.2 Å². The molecule has 22 heavy (non-hydrogen) atoms. The molecule has 2 aromatic carbocycles. The third-order valence-electron chi connectivity index (χ3n) is 2.88. The van der Waals surface area contributed by atoms with E-state index in [9.17, 15) is 15.0 Å². The summed E-state index contributed by atoms with van der Waals surface area (Å²) in [6.45, 7) is 1.61. The van der Waals surface area contributed by atoms with E-state index < -0.39 is 5.91 Å². The first-order valence-electron chi connectivity index (χ1n) is 6.20. The minimum absolute atomic E-state index is 0.0612. The van der Waals surface area contributed by atoms with Crippen LogP contribution >= 0.6 is 23.2 Å². The lowest BCUT2D eigenvalue weighted by Crippen LogP contribution is -2.19. The molecule has 0 aliphatic heterocycles. The van der Waals surface area contributed by atoms with E-state index in [1.165, 1.54) is 36.4 Å². The Morgan fingerprint density at radius 1 is 1.09 bits per heavy atom. The number of rotatable bonds is 3. The summed E-state index contributed by atoms with van der Waals surface area (Å²) in [6.07, 6.45) is 0. The summed E-state index contributed by atoms with van der Waals surface area (Å²) in [5.74, 6) is -0.657. The minimum atomic E-state index is -0.462. The van der Waals surface area contributed by atoms with Crippen molar-refractivity contribution in [3.05, 3.63) is 57.6 Å². The molecule has 0 fully saturated rings. The van der Waals surface area contributed by atoms with Gasteiger partial charge in [0.05, 0.1) is 15.8 Å². The number of aromatic hydroxyl groups is 2. The van der Waals surface area contributed by atoms with Crippen LogP contribution in [0.3, 0.4) is 0 Å². The first kappa shape index (κ1) is 16.1. The zero-order valence-corrected chi connectivity index (χ0v) is 13.0. The molecule has 5 nitrogen and oxygen atoms in total. The molecule has 7 heteroatoms. The van der Waals surface area contributed by atoms with Crippen molar-refractivity contribution in [2.24, 2.45) is 5.10 Å². The topological polar surface area (TPSA) is 81.9 Å². The maximum Gasteiger partial charge on any atom is 0.271 e. The Hall–Kier alpha value is -2.24. The highest BCUT2D eigenvalue weighted by Gasteiger charge is 2.09. The Balaban J connectivity index is 2.16. The third kappa shape index (κ3) is 3.69. The second-order valence-corrected chi connectivity index (χ2v) is 5.28.